The minimum absolute atomic E-state index is 0.447. The van der Waals surface area contributed by atoms with E-state index in [1.54, 1.807) is 0 Å². The van der Waals surface area contributed by atoms with Gasteiger partial charge in [0.1, 0.15) is 0 Å². The molecule has 0 aliphatic heterocycles. The van der Waals surface area contributed by atoms with Crippen molar-refractivity contribution in [3.05, 3.63) is 35.9 Å². The Kier molecular flexibility index (Phi) is 4.91. The summed E-state index contributed by atoms with van der Waals surface area (Å²) in [6.07, 6.45) is 7.51. The molecule has 0 spiro atoms. The molecule has 0 saturated heterocycles. The van der Waals surface area contributed by atoms with E-state index >= 15 is 0 Å². The minimum atomic E-state index is -0.447. The lowest BCUT2D eigenvalue weighted by atomic mass is 10.1. The van der Waals surface area contributed by atoms with Crippen LogP contribution in [0.1, 0.15) is 32.8 Å². The molecule has 1 heteroatoms. The second kappa shape index (κ2) is 5.77. The van der Waals surface area contributed by atoms with E-state index in [2.05, 4.69) is 63.6 Å². The van der Waals surface area contributed by atoms with Crippen LogP contribution in [0.4, 0.5) is 0 Å². The summed E-state index contributed by atoms with van der Waals surface area (Å²) in [6, 6.07) is 10.9. The van der Waals surface area contributed by atoms with Gasteiger partial charge >= 0.3 is 0 Å². The monoisotopic (exact) mass is 238 g/mol. The topological polar surface area (TPSA) is 0 Å². The van der Waals surface area contributed by atoms with Crippen LogP contribution in [0.15, 0.2) is 30.3 Å². The molecule has 0 N–H and O–H groups in total. The first kappa shape index (κ1) is 13.6. The molecule has 0 radical (unpaired) electrons. The Hall–Kier alpha value is -0.430. The first-order valence-electron chi connectivity index (χ1n) is 6.19. The minimum Gasteiger partial charge on any atom is -0.242 e. The molecule has 1 atom stereocenters. The Morgan fingerprint density at radius 3 is 2.06 bits per heavy atom. The van der Waals surface area contributed by atoms with Gasteiger partial charge in [-0.3, -0.25) is 0 Å². The summed E-state index contributed by atoms with van der Waals surface area (Å²) in [6.45, 7) is 7.17. The van der Waals surface area contributed by atoms with E-state index in [0.717, 1.165) is 10.5 Å². The van der Waals surface area contributed by atoms with Gasteiger partial charge in [-0.15, -0.1) is 0 Å². The van der Waals surface area contributed by atoms with Crippen molar-refractivity contribution < 1.29 is 0 Å². The van der Waals surface area contributed by atoms with Gasteiger partial charge in [0.15, 0.2) is 0 Å². The molecule has 0 aliphatic carbocycles. The van der Waals surface area contributed by atoms with E-state index in [1.807, 2.05) is 0 Å². The predicted octanol–water partition coefficient (Wildman–Crippen LogP) is 4.48. The number of benzene rings is 1. The third kappa shape index (κ3) is 3.55. The number of rotatable bonds is 5. The summed E-state index contributed by atoms with van der Waals surface area (Å²) < 4.78 is 0. The van der Waals surface area contributed by atoms with Crippen LogP contribution in [0, 0.1) is 0 Å². The summed E-state index contributed by atoms with van der Waals surface area (Å²) in [4.78, 5) is 0. The molecule has 0 aromatic heterocycles. The van der Waals surface area contributed by atoms with Gasteiger partial charge in [0.2, 0.25) is 0 Å². The van der Waals surface area contributed by atoms with E-state index in [9.17, 15) is 0 Å². The molecule has 0 heterocycles. The van der Waals surface area contributed by atoms with Crippen LogP contribution >= 0.6 is 10.0 Å². The fourth-order valence-corrected chi connectivity index (χ4v) is 3.44. The quantitative estimate of drug-likeness (QED) is 0.709. The highest BCUT2D eigenvalue weighted by atomic mass is 32.3. The molecule has 0 amide bonds. The highest BCUT2D eigenvalue weighted by molar-refractivity contribution is 8.33. The van der Waals surface area contributed by atoms with Crippen LogP contribution in [0.5, 0.6) is 0 Å². The van der Waals surface area contributed by atoms with Gasteiger partial charge in [0.25, 0.3) is 0 Å². The van der Waals surface area contributed by atoms with Crippen LogP contribution < -0.4 is 0 Å². The van der Waals surface area contributed by atoms with Gasteiger partial charge in [-0.05, 0) is 41.4 Å². The van der Waals surface area contributed by atoms with E-state index < -0.39 is 10.0 Å². The molecule has 1 unspecified atom stereocenters. The Morgan fingerprint density at radius 2 is 1.56 bits per heavy atom. The van der Waals surface area contributed by atoms with Crippen LogP contribution in [0.25, 0.3) is 0 Å². The third-order valence-corrected chi connectivity index (χ3v) is 8.67. The van der Waals surface area contributed by atoms with Crippen LogP contribution in [-0.4, -0.2) is 23.0 Å². The van der Waals surface area contributed by atoms with Crippen molar-refractivity contribution in [3.63, 3.8) is 0 Å². The molecular formula is C15H26S. The Bertz CT molecular complexity index is 300. The molecule has 1 aromatic carbocycles. The van der Waals surface area contributed by atoms with Gasteiger partial charge in [-0.25, -0.2) is 10.0 Å². The second-order valence-electron chi connectivity index (χ2n) is 5.37. The van der Waals surface area contributed by atoms with Gasteiger partial charge in [0.05, 0.1) is 0 Å². The molecule has 0 bridgehead atoms. The maximum Gasteiger partial charge on any atom is -0.0140 e. The molecule has 0 aliphatic rings. The zero-order valence-corrected chi connectivity index (χ0v) is 12.2. The van der Waals surface area contributed by atoms with Crippen molar-refractivity contribution in [3.8, 4) is 0 Å². The highest BCUT2D eigenvalue weighted by Crippen LogP contribution is 2.51. The normalized spacial score (nSPS) is 15.1. The molecule has 1 rings (SSSR count). The third-order valence-electron chi connectivity index (χ3n) is 3.93. The zero-order valence-electron chi connectivity index (χ0n) is 11.4. The van der Waals surface area contributed by atoms with E-state index in [1.165, 1.54) is 18.4 Å². The molecule has 0 saturated carbocycles. The fourth-order valence-electron chi connectivity index (χ4n) is 1.78. The summed E-state index contributed by atoms with van der Waals surface area (Å²) in [7, 11) is -0.447. The summed E-state index contributed by atoms with van der Waals surface area (Å²) >= 11 is 0. The van der Waals surface area contributed by atoms with Gasteiger partial charge in [-0.1, -0.05) is 51.1 Å². The lowest BCUT2D eigenvalue weighted by molar-refractivity contribution is 0.796. The molecule has 0 fully saturated rings. The average molecular weight is 238 g/mol. The summed E-state index contributed by atoms with van der Waals surface area (Å²) in [5.74, 6) is 0. The van der Waals surface area contributed by atoms with Crippen LogP contribution in [0.3, 0.4) is 0 Å². The standard InChI is InChI=1S/C15H26S/c1-13(2)16(4,5)14(3)11-12-15-9-7-6-8-10-15/h6-10,13-14H,11-12H2,1-5H3. The van der Waals surface area contributed by atoms with Crippen LogP contribution in [0.2, 0.25) is 0 Å². The Balaban J connectivity index is 2.50. The molecule has 0 nitrogen and oxygen atoms in total. The highest BCUT2D eigenvalue weighted by Gasteiger charge is 2.23. The van der Waals surface area contributed by atoms with E-state index in [4.69, 9.17) is 0 Å². The van der Waals surface area contributed by atoms with Crippen molar-refractivity contribution in [2.75, 3.05) is 12.5 Å². The Morgan fingerprint density at radius 1 is 1.00 bits per heavy atom. The molecule has 1 aromatic rings. The number of aryl methyl sites for hydroxylation is 1. The van der Waals surface area contributed by atoms with Crippen molar-refractivity contribution in [1.29, 1.82) is 0 Å². The van der Waals surface area contributed by atoms with Crippen LogP contribution in [-0.2, 0) is 6.42 Å². The van der Waals surface area contributed by atoms with Crippen molar-refractivity contribution >= 4 is 10.0 Å². The second-order valence-corrected chi connectivity index (χ2v) is 10.1. The lowest BCUT2D eigenvalue weighted by Crippen LogP contribution is -2.21. The summed E-state index contributed by atoms with van der Waals surface area (Å²) in [5.41, 5.74) is 1.48. The zero-order chi connectivity index (χ0) is 12.2. The van der Waals surface area contributed by atoms with Crippen molar-refractivity contribution in [1.82, 2.24) is 0 Å². The summed E-state index contributed by atoms with van der Waals surface area (Å²) in [5, 5.41) is 1.69. The van der Waals surface area contributed by atoms with E-state index in [-0.39, 0.29) is 0 Å². The van der Waals surface area contributed by atoms with Crippen molar-refractivity contribution in [2.24, 2.45) is 0 Å². The van der Waals surface area contributed by atoms with Crippen molar-refractivity contribution in [2.45, 2.75) is 44.1 Å². The smallest absolute Gasteiger partial charge is 0.0140 e. The largest absolute Gasteiger partial charge is 0.242 e. The maximum atomic E-state index is 2.48. The molecular weight excluding hydrogens is 212 g/mol. The predicted molar refractivity (Wildman–Crippen MR) is 78.8 cm³/mol. The number of hydrogen-bond acceptors (Lipinski definition) is 0. The fraction of sp³-hybridized carbons (Fsp3) is 0.600. The number of hydrogen-bond donors (Lipinski definition) is 0. The first-order chi connectivity index (χ1) is 7.44. The lowest BCUT2D eigenvalue weighted by Gasteiger charge is -2.42. The van der Waals surface area contributed by atoms with E-state index in [0.29, 0.717) is 0 Å². The SMILES string of the molecule is CC(C)S(C)(C)C(C)CCc1ccccc1. The van der Waals surface area contributed by atoms with Gasteiger partial charge in [-0.2, -0.15) is 0 Å². The van der Waals surface area contributed by atoms with Gasteiger partial charge in [0, 0.05) is 0 Å². The maximum absolute atomic E-state index is 2.48. The van der Waals surface area contributed by atoms with Gasteiger partial charge < -0.3 is 0 Å². The average Bonchev–Trinajstić information content (AvgIpc) is 2.27. The molecule has 92 valence electrons. The first-order valence-corrected chi connectivity index (χ1v) is 8.77. The molecule has 16 heavy (non-hydrogen) atoms. The Labute approximate surface area is 103 Å².